The van der Waals surface area contributed by atoms with E-state index >= 15 is 0 Å². The van der Waals surface area contributed by atoms with Gasteiger partial charge in [-0.05, 0) is 30.7 Å². The maximum Gasteiger partial charge on any atom is 0.354 e. The van der Waals surface area contributed by atoms with Crippen LogP contribution in [0, 0.1) is 10.1 Å². The number of rotatable bonds is 4. The number of nitrogens with zero attached hydrogens (tertiary/aromatic N) is 1. The van der Waals surface area contributed by atoms with Crippen molar-refractivity contribution < 1.29 is 14.5 Å². The van der Waals surface area contributed by atoms with Crippen molar-refractivity contribution in [3.63, 3.8) is 0 Å². The molecule has 6 nitrogen and oxygen atoms in total. The maximum absolute atomic E-state index is 11.5. The summed E-state index contributed by atoms with van der Waals surface area (Å²) in [6.07, 6.45) is 1.66. The minimum Gasteiger partial charge on any atom is -0.461 e. The highest BCUT2D eigenvalue weighted by atomic mass is 16.6. The van der Waals surface area contributed by atoms with E-state index in [1.807, 2.05) is 0 Å². The second-order valence-corrected chi connectivity index (χ2v) is 3.83. The van der Waals surface area contributed by atoms with Crippen molar-refractivity contribution in [3.05, 3.63) is 52.3 Å². The van der Waals surface area contributed by atoms with Crippen LogP contribution in [-0.4, -0.2) is 22.5 Å². The summed E-state index contributed by atoms with van der Waals surface area (Å²) in [5, 5.41) is 10.6. The number of H-pyrrole nitrogens is 1. The average Bonchev–Trinajstić information content (AvgIpc) is 2.89. The van der Waals surface area contributed by atoms with Gasteiger partial charge in [-0.15, -0.1) is 0 Å². The fourth-order valence-corrected chi connectivity index (χ4v) is 1.66. The number of aromatic nitrogens is 1. The quantitative estimate of drug-likeness (QED) is 0.520. The van der Waals surface area contributed by atoms with Crippen molar-refractivity contribution in [3.8, 4) is 11.1 Å². The van der Waals surface area contributed by atoms with Gasteiger partial charge in [0.05, 0.1) is 11.5 Å². The van der Waals surface area contributed by atoms with Crippen LogP contribution in [0.4, 0.5) is 5.69 Å². The lowest BCUT2D eigenvalue weighted by molar-refractivity contribution is -0.384. The van der Waals surface area contributed by atoms with Gasteiger partial charge in [-0.3, -0.25) is 10.1 Å². The molecule has 2 rings (SSSR count). The Kier molecular flexibility index (Phi) is 3.61. The molecule has 2 aromatic rings. The molecule has 1 aromatic carbocycles. The molecule has 0 atom stereocenters. The van der Waals surface area contributed by atoms with Crippen LogP contribution < -0.4 is 0 Å². The fourth-order valence-electron chi connectivity index (χ4n) is 1.66. The van der Waals surface area contributed by atoms with Gasteiger partial charge in [-0.2, -0.15) is 0 Å². The van der Waals surface area contributed by atoms with Gasteiger partial charge < -0.3 is 9.72 Å². The smallest absolute Gasteiger partial charge is 0.354 e. The van der Waals surface area contributed by atoms with E-state index < -0.39 is 10.9 Å². The third-order valence-corrected chi connectivity index (χ3v) is 2.59. The predicted octanol–water partition coefficient (Wildman–Crippen LogP) is 2.77. The number of hydrogen-bond donors (Lipinski definition) is 1. The molecule has 1 aromatic heterocycles. The van der Waals surface area contributed by atoms with Crippen LogP contribution in [0.2, 0.25) is 0 Å². The zero-order valence-corrected chi connectivity index (χ0v) is 10.3. The second kappa shape index (κ2) is 5.34. The number of nitrogens with one attached hydrogen (secondary N) is 1. The van der Waals surface area contributed by atoms with Crippen LogP contribution >= 0.6 is 0 Å². The van der Waals surface area contributed by atoms with Gasteiger partial charge in [0.1, 0.15) is 5.69 Å². The van der Waals surface area contributed by atoms with E-state index in [-0.39, 0.29) is 5.69 Å². The largest absolute Gasteiger partial charge is 0.461 e. The summed E-state index contributed by atoms with van der Waals surface area (Å²) in [5.74, 6) is -0.421. The highest BCUT2D eigenvalue weighted by Crippen LogP contribution is 2.23. The highest BCUT2D eigenvalue weighted by Gasteiger charge is 2.11. The number of non-ortho nitro benzene ring substituents is 1. The average molecular weight is 260 g/mol. The fraction of sp³-hybridized carbons (Fsp3) is 0.154. The van der Waals surface area contributed by atoms with Crippen LogP contribution in [0.5, 0.6) is 0 Å². The Balaban J connectivity index is 2.23. The van der Waals surface area contributed by atoms with Gasteiger partial charge in [0.25, 0.3) is 5.69 Å². The molecule has 1 N–H and O–H groups in total. The summed E-state index contributed by atoms with van der Waals surface area (Å²) in [4.78, 5) is 24.4. The van der Waals surface area contributed by atoms with Crippen LogP contribution in [0.15, 0.2) is 36.5 Å². The van der Waals surface area contributed by atoms with Crippen LogP contribution in [0.1, 0.15) is 17.4 Å². The van der Waals surface area contributed by atoms with Crippen molar-refractivity contribution in [2.45, 2.75) is 6.92 Å². The number of carbonyl (C=O) groups excluding carboxylic acids is 1. The first kappa shape index (κ1) is 12.8. The monoisotopic (exact) mass is 260 g/mol. The lowest BCUT2D eigenvalue weighted by atomic mass is 10.1. The van der Waals surface area contributed by atoms with E-state index in [9.17, 15) is 14.9 Å². The molecular weight excluding hydrogens is 248 g/mol. The van der Waals surface area contributed by atoms with E-state index in [1.54, 1.807) is 31.3 Å². The molecule has 1 heterocycles. The molecule has 0 fully saturated rings. The van der Waals surface area contributed by atoms with E-state index in [2.05, 4.69) is 4.98 Å². The number of benzene rings is 1. The SMILES string of the molecule is CCOC(=O)c1cc(-c2ccc([N+](=O)[O-])cc2)c[nH]1. The molecule has 0 unspecified atom stereocenters. The number of ether oxygens (including phenoxy) is 1. The zero-order valence-electron chi connectivity index (χ0n) is 10.3. The normalized spacial score (nSPS) is 10.2. The highest BCUT2D eigenvalue weighted by molar-refractivity contribution is 5.89. The molecule has 0 radical (unpaired) electrons. The van der Waals surface area contributed by atoms with Crippen molar-refractivity contribution in [1.82, 2.24) is 4.98 Å². The Morgan fingerprint density at radius 2 is 2.00 bits per heavy atom. The molecule has 0 aliphatic carbocycles. The van der Waals surface area contributed by atoms with Crippen molar-refractivity contribution in [1.29, 1.82) is 0 Å². The van der Waals surface area contributed by atoms with Gasteiger partial charge in [0.2, 0.25) is 0 Å². The lowest BCUT2D eigenvalue weighted by Gasteiger charge is -1.98. The Bertz CT molecular complexity index is 601. The molecule has 6 heteroatoms. The van der Waals surface area contributed by atoms with Crippen molar-refractivity contribution in [2.24, 2.45) is 0 Å². The molecule has 98 valence electrons. The number of aromatic amines is 1. The zero-order chi connectivity index (χ0) is 13.8. The number of hydrogen-bond acceptors (Lipinski definition) is 4. The van der Waals surface area contributed by atoms with Crippen LogP contribution in [-0.2, 0) is 4.74 Å². The number of esters is 1. The third-order valence-electron chi connectivity index (χ3n) is 2.59. The Morgan fingerprint density at radius 1 is 1.32 bits per heavy atom. The molecule has 0 aliphatic heterocycles. The van der Waals surface area contributed by atoms with E-state index in [1.165, 1.54) is 12.1 Å². The van der Waals surface area contributed by atoms with Gasteiger partial charge in [-0.25, -0.2) is 4.79 Å². The minimum absolute atomic E-state index is 0.0323. The summed E-state index contributed by atoms with van der Waals surface area (Å²) in [7, 11) is 0. The first-order valence-corrected chi connectivity index (χ1v) is 5.72. The van der Waals surface area contributed by atoms with Crippen molar-refractivity contribution in [2.75, 3.05) is 6.61 Å². The third kappa shape index (κ3) is 2.79. The molecule has 19 heavy (non-hydrogen) atoms. The molecule has 0 saturated heterocycles. The number of nitro groups is 1. The Morgan fingerprint density at radius 3 is 2.58 bits per heavy atom. The molecule has 0 aliphatic rings. The van der Waals surface area contributed by atoms with Crippen molar-refractivity contribution >= 4 is 11.7 Å². The standard InChI is InChI=1S/C13H12N2O4/c1-2-19-13(16)12-7-10(8-14-12)9-3-5-11(6-4-9)15(17)18/h3-8,14H,2H2,1H3. The first-order valence-electron chi connectivity index (χ1n) is 5.72. The van der Waals surface area contributed by atoms with Gasteiger partial charge in [0, 0.05) is 23.9 Å². The van der Waals surface area contributed by atoms with E-state index in [4.69, 9.17) is 4.74 Å². The summed E-state index contributed by atoms with van der Waals surface area (Å²) in [5.41, 5.74) is 1.95. The summed E-state index contributed by atoms with van der Waals surface area (Å²) >= 11 is 0. The lowest BCUT2D eigenvalue weighted by Crippen LogP contribution is -2.04. The molecule has 0 saturated carbocycles. The van der Waals surface area contributed by atoms with Gasteiger partial charge >= 0.3 is 5.97 Å². The summed E-state index contributed by atoms with van der Waals surface area (Å²) in [6, 6.07) is 7.77. The van der Waals surface area contributed by atoms with Gasteiger partial charge in [0.15, 0.2) is 0 Å². The van der Waals surface area contributed by atoms with E-state index in [0.29, 0.717) is 12.3 Å². The molecule has 0 spiro atoms. The topological polar surface area (TPSA) is 85.2 Å². The number of nitro benzene ring substituents is 1. The molecule has 0 amide bonds. The number of carbonyl (C=O) groups is 1. The van der Waals surface area contributed by atoms with Crippen LogP contribution in [0.25, 0.3) is 11.1 Å². The summed E-state index contributed by atoms with van der Waals surface area (Å²) < 4.78 is 4.87. The Hall–Kier alpha value is -2.63. The predicted molar refractivity (Wildman–Crippen MR) is 68.8 cm³/mol. The maximum atomic E-state index is 11.5. The first-order chi connectivity index (χ1) is 9.11. The van der Waals surface area contributed by atoms with Crippen LogP contribution in [0.3, 0.4) is 0 Å². The van der Waals surface area contributed by atoms with E-state index in [0.717, 1.165) is 11.1 Å². The second-order valence-electron chi connectivity index (χ2n) is 3.83. The Labute approximate surface area is 109 Å². The summed E-state index contributed by atoms with van der Waals surface area (Å²) in [6.45, 7) is 2.04. The molecular formula is C13H12N2O4. The minimum atomic E-state index is -0.453. The molecule has 0 bridgehead atoms. The van der Waals surface area contributed by atoms with Gasteiger partial charge in [-0.1, -0.05) is 0 Å².